The average Bonchev–Trinajstić information content (AvgIpc) is 3.68. The Labute approximate surface area is 225 Å². The zero-order chi connectivity index (χ0) is 25.2. The second-order valence-electron chi connectivity index (χ2n) is 9.48. The Morgan fingerprint density at radius 2 is 1.97 bits per heavy atom. The van der Waals surface area contributed by atoms with E-state index in [1.54, 1.807) is 0 Å². The molecule has 3 aromatic rings. The third-order valence-corrected chi connectivity index (χ3v) is 8.86. The van der Waals surface area contributed by atoms with Crippen molar-refractivity contribution in [3.05, 3.63) is 63.3 Å². The van der Waals surface area contributed by atoms with Crippen LogP contribution >= 0.6 is 27.7 Å². The van der Waals surface area contributed by atoms with Crippen molar-refractivity contribution in [2.45, 2.75) is 50.3 Å². The third kappa shape index (κ3) is 5.19. The number of phenols is 1. The Balaban J connectivity index is 1.64. The van der Waals surface area contributed by atoms with Crippen LogP contribution in [-0.2, 0) is 21.8 Å². The molecule has 8 heteroatoms. The molecule has 2 aliphatic rings. The minimum Gasteiger partial charge on any atom is -0.506 e. The van der Waals surface area contributed by atoms with Crippen LogP contribution in [0.1, 0.15) is 65.2 Å². The molecule has 2 heterocycles. The lowest BCUT2D eigenvalue weighted by Gasteiger charge is -2.27. The molecule has 2 fully saturated rings. The first-order valence-electron chi connectivity index (χ1n) is 12.7. The van der Waals surface area contributed by atoms with Crippen molar-refractivity contribution in [1.82, 2.24) is 9.47 Å². The summed E-state index contributed by atoms with van der Waals surface area (Å²) in [5, 5.41) is 12.3. The molecule has 1 unspecified atom stereocenters. The molecular formula is C28H33BrN2O4S. The zero-order valence-corrected chi connectivity index (χ0v) is 23.2. The minimum atomic E-state index is -0.310. The molecule has 5 rings (SSSR count). The number of hydrogen-bond acceptors (Lipinski definition) is 6. The lowest BCUT2D eigenvalue weighted by molar-refractivity contribution is 0.0340. The maximum absolute atomic E-state index is 13.5. The van der Waals surface area contributed by atoms with Crippen LogP contribution in [0.25, 0.3) is 10.9 Å². The number of hydrogen-bond donors (Lipinski definition) is 1. The Morgan fingerprint density at radius 1 is 1.25 bits per heavy atom. The van der Waals surface area contributed by atoms with Gasteiger partial charge in [0.15, 0.2) is 0 Å². The number of thioether (sulfide) groups is 1. The van der Waals surface area contributed by atoms with Gasteiger partial charge in [0, 0.05) is 53.3 Å². The fraction of sp³-hybridized carbons (Fsp3) is 0.464. The van der Waals surface area contributed by atoms with Crippen LogP contribution in [0.5, 0.6) is 5.75 Å². The van der Waals surface area contributed by atoms with Gasteiger partial charge >= 0.3 is 5.97 Å². The van der Waals surface area contributed by atoms with E-state index in [-0.39, 0.29) is 17.0 Å². The van der Waals surface area contributed by atoms with Crippen LogP contribution in [-0.4, -0.2) is 53.5 Å². The van der Waals surface area contributed by atoms with E-state index in [4.69, 9.17) is 9.47 Å². The molecule has 1 aliphatic heterocycles. The molecule has 2 aromatic carbocycles. The van der Waals surface area contributed by atoms with Crippen LogP contribution in [0.4, 0.5) is 0 Å². The molecule has 1 saturated carbocycles. The lowest BCUT2D eigenvalue weighted by atomic mass is 10.0. The van der Waals surface area contributed by atoms with E-state index in [0.717, 1.165) is 48.1 Å². The van der Waals surface area contributed by atoms with Crippen LogP contribution in [0.3, 0.4) is 0 Å². The quantitative estimate of drug-likeness (QED) is 0.297. The van der Waals surface area contributed by atoms with E-state index in [1.165, 1.54) is 5.56 Å². The highest BCUT2D eigenvalue weighted by Gasteiger charge is 2.35. The first-order valence-corrected chi connectivity index (χ1v) is 14.5. The van der Waals surface area contributed by atoms with E-state index in [0.29, 0.717) is 48.2 Å². The molecule has 192 valence electrons. The monoisotopic (exact) mass is 572 g/mol. The van der Waals surface area contributed by atoms with Crippen molar-refractivity contribution in [2.24, 2.45) is 0 Å². The molecule has 36 heavy (non-hydrogen) atoms. The van der Waals surface area contributed by atoms with Gasteiger partial charge in [-0.25, -0.2) is 4.79 Å². The predicted molar refractivity (Wildman–Crippen MR) is 148 cm³/mol. The summed E-state index contributed by atoms with van der Waals surface area (Å²) in [5.74, 6) is 0.573. The van der Waals surface area contributed by atoms with Crippen molar-refractivity contribution in [3.63, 3.8) is 0 Å². The van der Waals surface area contributed by atoms with E-state index >= 15 is 0 Å². The molecule has 1 atom stereocenters. The van der Waals surface area contributed by atoms with E-state index in [2.05, 4.69) is 56.6 Å². The number of carbonyl (C=O) groups is 1. The van der Waals surface area contributed by atoms with Crippen molar-refractivity contribution >= 4 is 44.6 Å². The normalized spacial score (nSPS) is 17.4. The maximum Gasteiger partial charge on any atom is 0.340 e. The number of ether oxygens (including phenoxy) is 2. The number of carbonyl (C=O) groups excluding carboxylic acids is 1. The number of esters is 1. The Hall–Kier alpha value is -2.00. The van der Waals surface area contributed by atoms with Crippen molar-refractivity contribution < 1.29 is 19.4 Å². The molecular weight excluding hydrogens is 540 g/mol. The number of rotatable bonds is 9. The second-order valence-corrected chi connectivity index (χ2v) is 11.7. The summed E-state index contributed by atoms with van der Waals surface area (Å²) in [6, 6.07) is 12.8. The van der Waals surface area contributed by atoms with Gasteiger partial charge in [-0.2, -0.15) is 0 Å². The highest BCUT2D eigenvalue weighted by atomic mass is 79.9. The maximum atomic E-state index is 13.5. The Bertz CT molecular complexity index is 1240. The molecule has 0 bridgehead atoms. The van der Waals surface area contributed by atoms with Crippen LogP contribution in [0, 0.1) is 0 Å². The summed E-state index contributed by atoms with van der Waals surface area (Å²) in [6.45, 7) is 7.84. The van der Waals surface area contributed by atoms with Gasteiger partial charge in [0.2, 0.25) is 0 Å². The average molecular weight is 574 g/mol. The smallest absolute Gasteiger partial charge is 0.340 e. The molecule has 1 N–H and O–H groups in total. The topological polar surface area (TPSA) is 63.9 Å². The SMILES string of the molecule is CCOC(=O)c1c(CSC(C)c2ccccc2)n(C2CC2)c2cc(Br)c(O)c(CN3CCOCC3)c12. The van der Waals surface area contributed by atoms with Crippen LogP contribution in [0.15, 0.2) is 40.9 Å². The fourth-order valence-electron chi connectivity index (χ4n) is 5.03. The standard InChI is InChI=1S/C28H33BrN2O4S/c1-3-35-28(33)26-24(17-36-18(2)19-7-5-4-6-8-19)31(20-9-10-20)23-15-22(29)27(32)21(25(23)26)16-30-11-13-34-14-12-30/h4-8,15,18,20,32H,3,9-14,16-17H2,1-2H3. The van der Waals surface area contributed by atoms with Crippen molar-refractivity contribution in [2.75, 3.05) is 32.9 Å². The highest BCUT2D eigenvalue weighted by molar-refractivity contribution is 9.10. The number of nitrogens with zero attached hydrogens (tertiary/aromatic N) is 2. The fourth-order valence-corrected chi connectivity index (χ4v) is 6.53. The molecule has 6 nitrogen and oxygen atoms in total. The van der Waals surface area contributed by atoms with Crippen LogP contribution in [0.2, 0.25) is 0 Å². The zero-order valence-electron chi connectivity index (χ0n) is 20.8. The molecule has 1 aromatic heterocycles. The first kappa shape index (κ1) is 25.6. The second kappa shape index (κ2) is 11.2. The van der Waals surface area contributed by atoms with Gasteiger partial charge in [0.25, 0.3) is 0 Å². The van der Waals surface area contributed by atoms with Crippen molar-refractivity contribution in [1.29, 1.82) is 0 Å². The van der Waals surface area contributed by atoms with Crippen molar-refractivity contribution in [3.8, 4) is 5.75 Å². The largest absolute Gasteiger partial charge is 0.506 e. The van der Waals surface area contributed by atoms with Gasteiger partial charge in [-0.05, 0) is 54.2 Å². The number of fused-ring (bicyclic) bond motifs is 1. The van der Waals surface area contributed by atoms with Gasteiger partial charge < -0.3 is 19.1 Å². The summed E-state index contributed by atoms with van der Waals surface area (Å²) in [7, 11) is 0. The van der Waals surface area contributed by atoms with Gasteiger partial charge in [-0.15, -0.1) is 11.8 Å². The molecule has 1 aliphatic carbocycles. The summed E-state index contributed by atoms with van der Waals surface area (Å²) in [5.41, 5.74) is 4.65. The lowest BCUT2D eigenvalue weighted by Crippen LogP contribution is -2.35. The summed E-state index contributed by atoms with van der Waals surface area (Å²) in [4.78, 5) is 15.8. The summed E-state index contributed by atoms with van der Waals surface area (Å²) < 4.78 is 14.1. The number of morpholine rings is 1. The van der Waals surface area contributed by atoms with Gasteiger partial charge in [-0.1, -0.05) is 30.3 Å². The number of benzene rings is 2. The number of halogens is 1. The minimum absolute atomic E-state index is 0.198. The summed E-state index contributed by atoms with van der Waals surface area (Å²) >= 11 is 5.43. The number of aromatic nitrogens is 1. The highest BCUT2D eigenvalue weighted by Crippen LogP contribution is 2.47. The Morgan fingerprint density at radius 3 is 2.64 bits per heavy atom. The Kier molecular flexibility index (Phi) is 7.96. The van der Waals surface area contributed by atoms with Gasteiger partial charge in [0.05, 0.1) is 35.4 Å². The third-order valence-electron chi connectivity index (χ3n) is 7.04. The first-order chi connectivity index (χ1) is 17.5. The molecule has 0 amide bonds. The van der Waals surface area contributed by atoms with Crippen LogP contribution < -0.4 is 0 Å². The van der Waals surface area contributed by atoms with Gasteiger partial charge in [0.1, 0.15) is 5.75 Å². The number of phenolic OH excluding ortho intramolecular Hbond substituents is 1. The van der Waals surface area contributed by atoms with E-state index < -0.39 is 0 Å². The predicted octanol–water partition coefficient (Wildman–Crippen LogP) is 6.45. The summed E-state index contributed by atoms with van der Waals surface area (Å²) in [6.07, 6.45) is 2.19. The van der Waals surface area contributed by atoms with E-state index in [1.807, 2.05) is 30.8 Å². The van der Waals surface area contributed by atoms with Gasteiger partial charge in [-0.3, -0.25) is 4.90 Å². The van der Waals surface area contributed by atoms with E-state index in [9.17, 15) is 9.90 Å². The number of aromatic hydroxyl groups is 1. The molecule has 0 spiro atoms. The molecule has 0 radical (unpaired) electrons. The molecule has 1 saturated heterocycles.